The molecule has 0 saturated heterocycles. The van der Waals surface area contributed by atoms with Gasteiger partial charge in [-0.1, -0.05) is 0 Å². The van der Waals surface area contributed by atoms with Crippen LogP contribution in [0, 0.1) is 6.92 Å². The van der Waals surface area contributed by atoms with Crippen molar-refractivity contribution in [2.24, 2.45) is 7.05 Å². The van der Waals surface area contributed by atoms with Crippen LogP contribution >= 0.6 is 0 Å². The number of rotatable bonds is 4. The van der Waals surface area contributed by atoms with E-state index in [-0.39, 0.29) is 24.5 Å². The molecule has 3 rings (SSSR count). The Kier molecular flexibility index (Phi) is 4.23. The van der Waals surface area contributed by atoms with Crippen LogP contribution in [0.2, 0.25) is 0 Å². The number of nitrogens with zero attached hydrogens (tertiary/aromatic N) is 4. The summed E-state index contributed by atoms with van der Waals surface area (Å²) < 4.78 is 41.7. The fourth-order valence-corrected chi connectivity index (χ4v) is 2.54. The molecule has 1 N–H and O–H groups in total. The number of aryl methyl sites for hydroxylation is 2. The van der Waals surface area contributed by atoms with Crippen LogP contribution in [0.5, 0.6) is 0 Å². The summed E-state index contributed by atoms with van der Waals surface area (Å²) in [6.07, 6.45) is -1.11. The fraction of sp³-hybridized carbons (Fsp3) is 0.312. The summed E-state index contributed by atoms with van der Waals surface area (Å²) in [5.41, 5.74) is 0.0685. The lowest BCUT2D eigenvalue weighted by molar-refractivity contribution is -0.137. The van der Waals surface area contributed by atoms with Crippen molar-refractivity contribution in [3.8, 4) is 0 Å². The number of carbonyl (C=O) groups excluding carboxylic acids is 1. The molecule has 0 bridgehead atoms. The third-order valence-corrected chi connectivity index (χ3v) is 3.98. The standard InChI is InChI=1S/C16H16F3N5O/c1-10-20-5-6-24(10)9-15(25)21-8-14-22-12-7-11(16(17,18)19)3-4-13(12)23(14)2/h3-7H,8-9H2,1-2H3,(H,21,25). The summed E-state index contributed by atoms with van der Waals surface area (Å²) in [7, 11) is 1.70. The van der Waals surface area contributed by atoms with Gasteiger partial charge in [-0.15, -0.1) is 0 Å². The van der Waals surface area contributed by atoms with Crippen molar-refractivity contribution in [1.29, 1.82) is 0 Å². The smallest absolute Gasteiger partial charge is 0.347 e. The second-order valence-electron chi connectivity index (χ2n) is 5.67. The highest BCUT2D eigenvalue weighted by molar-refractivity contribution is 5.78. The highest BCUT2D eigenvalue weighted by atomic mass is 19.4. The molecule has 25 heavy (non-hydrogen) atoms. The Morgan fingerprint density at radius 1 is 1.32 bits per heavy atom. The van der Waals surface area contributed by atoms with E-state index in [2.05, 4.69) is 15.3 Å². The highest BCUT2D eigenvalue weighted by Crippen LogP contribution is 2.31. The van der Waals surface area contributed by atoms with Gasteiger partial charge in [0, 0.05) is 19.4 Å². The molecule has 2 aromatic heterocycles. The Bertz CT molecular complexity index is 926. The normalized spacial score (nSPS) is 11.9. The van der Waals surface area contributed by atoms with Gasteiger partial charge in [0.15, 0.2) is 0 Å². The first-order valence-corrected chi connectivity index (χ1v) is 7.52. The number of fused-ring (bicyclic) bond motifs is 1. The van der Waals surface area contributed by atoms with Crippen molar-refractivity contribution in [2.45, 2.75) is 26.2 Å². The lowest BCUT2D eigenvalue weighted by Crippen LogP contribution is -2.28. The zero-order valence-corrected chi connectivity index (χ0v) is 13.6. The first-order chi connectivity index (χ1) is 11.8. The molecule has 0 aliphatic carbocycles. The van der Waals surface area contributed by atoms with E-state index in [9.17, 15) is 18.0 Å². The molecular weight excluding hydrogens is 335 g/mol. The van der Waals surface area contributed by atoms with Gasteiger partial charge in [0.25, 0.3) is 0 Å². The van der Waals surface area contributed by atoms with E-state index < -0.39 is 11.7 Å². The minimum absolute atomic E-state index is 0.119. The number of halogens is 3. The van der Waals surface area contributed by atoms with Gasteiger partial charge >= 0.3 is 6.18 Å². The minimum Gasteiger partial charge on any atom is -0.347 e. The monoisotopic (exact) mass is 351 g/mol. The molecule has 2 heterocycles. The zero-order chi connectivity index (χ0) is 18.2. The maximum Gasteiger partial charge on any atom is 0.416 e. The first kappa shape index (κ1) is 17.0. The largest absolute Gasteiger partial charge is 0.416 e. The van der Waals surface area contributed by atoms with E-state index in [0.717, 1.165) is 18.0 Å². The van der Waals surface area contributed by atoms with E-state index in [1.165, 1.54) is 6.07 Å². The van der Waals surface area contributed by atoms with Crippen LogP contribution in [-0.4, -0.2) is 25.0 Å². The summed E-state index contributed by atoms with van der Waals surface area (Å²) in [6.45, 7) is 2.03. The summed E-state index contributed by atoms with van der Waals surface area (Å²) in [4.78, 5) is 20.2. The molecule has 9 heteroatoms. The quantitative estimate of drug-likeness (QED) is 0.785. The average molecular weight is 351 g/mol. The molecule has 0 saturated carbocycles. The summed E-state index contributed by atoms with van der Waals surface area (Å²) in [5.74, 6) is 0.965. The molecule has 6 nitrogen and oxygen atoms in total. The number of carbonyl (C=O) groups is 1. The number of imidazole rings is 2. The Morgan fingerprint density at radius 2 is 2.08 bits per heavy atom. The van der Waals surface area contributed by atoms with Crippen molar-refractivity contribution < 1.29 is 18.0 Å². The number of aromatic nitrogens is 4. The molecule has 0 aliphatic heterocycles. The second-order valence-corrected chi connectivity index (χ2v) is 5.67. The Balaban J connectivity index is 1.74. The number of amides is 1. The van der Waals surface area contributed by atoms with Crippen LogP contribution in [0.4, 0.5) is 13.2 Å². The van der Waals surface area contributed by atoms with Crippen LogP contribution in [0.25, 0.3) is 11.0 Å². The van der Waals surface area contributed by atoms with Crippen LogP contribution in [0.15, 0.2) is 30.6 Å². The van der Waals surface area contributed by atoms with Gasteiger partial charge in [0.1, 0.15) is 18.2 Å². The van der Waals surface area contributed by atoms with Gasteiger partial charge in [-0.2, -0.15) is 13.2 Å². The molecule has 0 radical (unpaired) electrons. The van der Waals surface area contributed by atoms with E-state index in [4.69, 9.17) is 0 Å². The zero-order valence-electron chi connectivity index (χ0n) is 13.6. The summed E-state index contributed by atoms with van der Waals surface area (Å²) >= 11 is 0. The van der Waals surface area contributed by atoms with Crippen molar-refractivity contribution in [2.75, 3.05) is 0 Å². The fourth-order valence-electron chi connectivity index (χ4n) is 2.54. The predicted molar refractivity (Wildman–Crippen MR) is 84.5 cm³/mol. The van der Waals surface area contributed by atoms with E-state index >= 15 is 0 Å². The molecule has 132 valence electrons. The van der Waals surface area contributed by atoms with Crippen LogP contribution in [-0.2, 0) is 31.1 Å². The predicted octanol–water partition coefficient (Wildman–Crippen LogP) is 2.41. The minimum atomic E-state index is -4.41. The molecule has 0 aliphatic rings. The second kappa shape index (κ2) is 6.23. The lowest BCUT2D eigenvalue weighted by Gasteiger charge is -2.07. The Labute approximate surface area is 141 Å². The molecular formula is C16H16F3N5O. The van der Waals surface area contributed by atoms with Gasteiger partial charge in [-0.25, -0.2) is 9.97 Å². The third-order valence-electron chi connectivity index (χ3n) is 3.98. The SMILES string of the molecule is Cc1nccn1CC(=O)NCc1nc2cc(C(F)(F)F)ccc2n1C. The van der Waals surface area contributed by atoms with Crippen LogP contribution < -0.4 is 5.32 Å². The molecule has 0 spiro atoms. The van der Waals surface area contributed by atoms with Gasteiger partial charge in [-0.3, -0.25) is 4.79 Å². The number of alkyl halides is 3. The number of hydrogen-bond acceptors (Lipinski definition) is 3. The van der Waals surface area contributed by atoms with E-state index in [0.29, 0.717) is 11.3 Å². The molecule has 0 fully saturated rings. The molecule has 0 unspecified atom stereocenters. The highest BCUT2D eigenvalue weighted by Gasteiger charge is 2.31. The summed E-state index contributed by atoms with van der Waals surface area (Å²) in [5, 5.41) is 2.72. The average Bonchev–Trinajstić information content (AvgIpc) is 3.08. The Hall–Kier alpha value is -2.84. The van der Waals surface area contributed by atoms with Crippen molar-refractivity contribution >= 4 is 16.9 Å². The summed E-state index contributed by atoms with van der Waals surface area (Å²) in [6, 6.07) is 3.41. The first-order valence-electron chi connectivity index (χ1n) is 7.52. The number of benzene rings is 1. The molecule has 3 aromatic rings. The molecule has 1 aromatic carbocycles. The third kappa shape index (κ3) is 3.49. The van der Waals surface area contributed by atoms with E-state index in [1.54, 1.807) is 35.5 Å². The molecule has 0 atom stereocenters. The van der Waals surface area contributed by atoms with Crippen molar-refractivity contribution in [1.82, 2.24) is 24.4 Å². The maximum absolute atomic E-state index is 12.8. The van der Waals surface area contributed by atoms with Crippen molar-refractivity contribution in [3.63, 3.8) is 0 Å². The van der Waals surface area contributed by atoms with Gasteiger partial charge in [0.2, 0.25) is 5.91 Å². The van der Waals surface area contributed by atoms with Crippen LogP contribution in [0.3, 0.4) is 0 Å². The number of nitrogens with one attached hydrogen (secondary N) is 1. The van der Waals surface area contributed by atoms with Crippen LogP contribution in [0.1, 0.15) is 17.2 Å². The number of hydrogen-bond donors (Lipinski definition) is 1. The van der Waals surface area contributed by atoms with Gasteiger partial charge in [0.05, 0.1) is 23.1 Å². The Morgan fingerprint density at radius 3 is 2.72 bits per heavy atom. The lowest BCUT2D eigenvalue weighted by atomic mass is 10.2. The van der Waals surface area contributed by atoms with Gasteiger partial charge < -0.3 is 14.5 Å². The molecule has 1 amide bonds. The van der Waals surface area contributed by atoms with Crippen molar-refractivity contribution in [3.05, 3.63) is 47.8 Å². The van der Waals surface area contributed by atoms with Gasteiger partial charge in [-0.05, 0) is 25.1 Å². The van der Waals surface area contributed by atoms with E-state index in [1.807, 2.05) is 0 Å². The maximum atomic E-state index is 12.8. The topological polar surface area (TPSA) is 64.7 Å².